The Kier molecular flexibility index (Phi) is 7.43. The van der Waals surface area contributed by atoms with E-state index in [0.29, 0.717) is 17.9 Å². The number of aryl methyl sites for hydroxylation is 1. The van der Waals surface area contributed by atoms with Gasteiger partial charge in [0, 0.05) is 25.2 Å². The molecule has 9 heteroatoms. The lowest BCUT2D eigenvalue weighted by molar-refractivity contribution is -0.115. The van der Waals surface area contributed by atoms with Gasteiger partial charge in [-0.05, 0) is 55.3 Å². The summed E-state index contributed by atoms with van der Waals surface area (Å²) in [5.74, 6) is 0.526. The Morgan fingerprint density at radius 1 is 1.19 bits per heavy atom. The number of carbonyl (C=O) groups is 1. The number of hydrogen-bond acceptors (Lipinski definition) is 6. The standard InChI is InChI=1S/C23H27N3O4S2/c1-6-20(23(27)24-16-10-12-17(13-11-16)32(28,29)26(3)4)31-21-14-15(2)18-8-7-9-19(30-5)22(18)25-21/h7-14,20H,6H2,1-5H3,(H,24,27). The maximum absolute atomic E-state index is 12.9. The van der Waals surface area contributed by atoms with Crippen LogP contribution < -0.4 is 10.1 Å². The normalized spacial score (nSPS) is 12.7. The van der Waals surface area contributed by atoms with Crippen LogP contribution in [0.15, 0.2) is 58.5 Å². The van der Waals surface area contributed by atoms with Gasteiger partial charge in [0.15, 0.2) is 0 Å². The largest absolute Gasteiger partial charge is 0.494 e. The Hall–Kier alpha value is -2.62. The van der Waals surface area contributed by atoms with E-state index >= 15 is 0 Å². The molecule has 1 heterocycles. The number of rotatable bonds is 8. The van der Waals surface area contributed by atoms with E-state index in [1.807, 2.05) is 38.1 Å². The number of anilines is 1. The van der Waals surface area contributed by atoms with Gasteiger partial charge in [0.2, 0.25) is 15.9 Å². The summed E-state index contributed by atoms with van der Waals surface area (Å²) in [6.07, 6.45) is 0.605. The van der Waals surface area contributed by atoms with Crippen LogP contribution in [0.5, 0.6) is 5.75 Å². The predicted octanol–water partition coefficient (Wildman–Crippen LogP) is 4.31. The molecule has 3 rings (SSSR count). The zero-order valence-corrected chi connectivity index (χ0v) is 20.4. The van der Waals surface area contributed by atoms with Crippen LogP contribution in [-0.4, -0.2) is 50.1 Å². The quantitative estimate of drug-likeness (QED) is 0.491. The number of nitrogens with one attached hydrogen (secondary N) is 1. The fraction of sp³-hybridized carbons (Fsp3) is 0.304. The average molecular weight is 474 g/mol. The van der Waals surface area contributed by atoms with E-state index in [2.05, 4.69) is 5.32 Å². The highest BCUT2D eigenvalue weighted by atomic mass is 32.2. The summed E-state index contributed by atoms with van der Waals surface area (Å²) in [6.45, 7) is 3.95. The molecule has 1 amide bonds. The molecule has 0 spiro atoms. The van der Waals surface area contributed by atoms with Gasteiger partial charge in [-0.15, -0.1) is 0 Å². The fourth-order valence-corrected chi connectivity index (χ4v) is 5.11. The number of nitrogens with zero attached hydrogens (tertiary/aromatic N) is 2. The molecule has 0 fully saturated rings. The van der Waals surface area contributed by atoms with Crippen molar-refractivity contribution in [3.8, 4) is 5.75 Å². The van der Waals surface area contributed by atoms with Crippen LogP contribution in [0.1, 0.15) is 18.9 Å². The van der Waals surface area contributed by atoms with Crippen LogP contribution in [-0.2, 0) is 14.8 Å². The van der Waals surface area contributed by atoms with Crippen LogP contribution in [0.25, 0.3) is 10.9 Å². The molecule has 32 heavy (non-hydrogen) atoms. The first-order chi connectivity index (χ1) is 15.2. The first kappa shape index (κ1) is 24.0. The molecule has 0 saturated heterocycles. The second-order valence-electron chi connectivity index (χ2n) is 7.45. The molecule has 0 radical (unpaired) electrons. The number of aromatic nitrogens is 1. The Balaban J connectivity index is 1.78. The van der Waals surface area contributed by atoms with Crippen molar-refractivity contribution in [3.63, 3.8) is 0 Å². The van der Waals surface area contributed by atoms with Crippen molar-refractivity contribution in [1.29, 1.82) is 0 Å². The van der Waals surface area contributed by atoms with Crippen molar-refractivity contribution >= 4 is 44.3 Å². The SMILES string of the molecule is CCC(Sc1cc(C)c2cccc(OC)c2n1)C(=O)Nc1ccc(S(=O)(=O)N(C)C)cc1. The number of sulfonamides is 1. The Morgan fingerprint density at radius 2 is 1.88 bits per heavy atom. The number of carbonyl (C=O) groups excluding carboxylic acids is 1. The van der Waals surface area contributed by atoms with Crippen LogP contribution in [0.2, 0.25) is 0 Å². The van der Waals surface area contributed by atoms with Gasteiger partial charge in [-0.3, -0.25) is 4.79 Å². The third kappa shape index (κ3) is 5.06. The maximum atomic E-state index is 12.9. The molecule has 7 nitrogen and oxygen atoms in total. The molecule has 0 aliphatic rings. The van der Waals surface area contributed by atoms with Crippen molar-refractivity contribution in [2.45, 2.75) is 35.4 Å². The van der Waals surface area contributed by atoms with E-state index in [0.717, 1.165) is 25.8 Å². The predicted molar refractivity (Wildman–Crippen MR) is 129 cm³/mol. The van der Waals surface area contributed by atoms with E-state index in [4.69, 9.17) is 9.72 Å². The minimum atomic E-state index is -3.51. The van der Waals surface area contributed by atoms with Crippen molar-refractivity contribution in [2.75, 3.05) is 26.5 Å². The van der Waals surface area contributed by atoms with Gasteiger partial charge in [0.05, 0.1) is 22.3 Å². The van der Waals surface area contributed by atoms with E-state index < -0.39 is 10.0 Å². The van der Waals surface area contributed by atoms with Gasteiger partial charge in [0.25, 0.3) is 0 Å². The molecule has 0 saturated carbocycles. The lowest BCUT2D eigenvalue weighted by atomic mass is 10.1. The van der Waals surface area contributed by atoms with Crippen LogP contribution in [0.4, 0.5) is 5.69 Å². The number of fused-ring (bicyclic) bond motifs is 1. The molecular formula is C23H27N3O4S2. The van der Waals surface area contributed by atoms with Crippen molar-refractivity contribution < 1.29 is 17.9 Å². The molecule has 0 aliphatic heterocycles. The second-order valence-corrected chi connectivity index (χ2v) is 10.8. The summed E-state index contributed by atoms with van der Waals surface area (Å²) in [5, 5.41) is 4.27. The zero-order valence-electron chi connectivity index (χ0n) is 18.7. The van der Waals surface area contributed by atoms with E-state index in [1.54, 1.807) is 19.2 Å². The number of pyridine rings is 1. The number of methoxy groups -OCH3 is 1. The number of para-hydroxylation sites is 1. The molecular weight excluding hydrogens is 446 g/mol. The minimum absolute atomic E-state index is 0.166. The zero-order chi connectivity index (χ0) is 23.5. The summed E-state index contributed by atoms with van der Waals surface area (Å²) in [7, 11) is 1.06. The van der Waals surface area contributed by atoms with E-state index in [-0.39, 0.29) is 16.1 Å². The number of hydrogen-bond donors (Lipinski definition) is 1. The highest BCUT2D eigenvalue weighted by molar-refractivity contribution is 8.00. The van der Waals surface area contributed by atoms with Gasteiger partial charge < -0.3 is 10.1 Å². The summed E-state index contributed by atoms with van der Waals surface area (Å²) < 4.78 is 31.0. The minimum Gasteiger partial charge on any atom is -0.494 e. The summed E-state index contributed by atoms with van der Waals surface area (Å²) in [4.78, 5) is 17.8. The van der Waals surface area contributed by atoms with E-state index in [9.17, 15) is 13.2 Å². The first-order valence-corrected chi connectivity index (χ1v) is 12.4. The van der Waals surface area contributed by atoms with Gasteiger partial charge in [0.1, 0.15) is 11.3 Å². The molecule has 2 aromatic carbocycles. The van der Waals surface area contributed by atoms with Crippen molar-refractivity contribution in [2.24, 2.45) is 0 Å². The van der Waals surface area contributed by atoms with Crippen LogP contribution in [0, 0.1) is 6.92 Å². The molecule has 3 aromatic rings. The molecule has 1 N–H and O–H groups in total. The number of benzene rings is 2. The highest BCUT2D eigenvalue weighted by Crippen LogP contribution is 2.32. The second kappa shape index (κ2) is 9.89. The Morgan fingerprint density at radius 3 is 2.47 bits per heavy atom. The molecule has 1 atom stereocenters. The van der Waals surface area contributed by atoms with Gasteiger partial charge in [-0.25, -0.2) is 17.7 Å². The lowest BCUT2D eigenvalue weighted by Crippen LogP contribution is -2.25. The lowest BCUT2D eigenvalue weighted by Gasteiger charge is -2.16. The fourth-order valence-electron chi connectivity index (χ4n) is 3.20. The highest BCUT2D eigenvalue weighted by Gasteiger charge is 2.21. The molecule has 1 unspecified atom stereocenters. The topological polar surface area (TPSA) is 88.6 Å². The maximum Gasteiger partial charge on any atom is 0.242 e. The van der Waals surface area contributed by atoms with Gasteiger partial charge in [-0.1, -0.05) is 30.8 Å². The summed E-state index contributed by atoms with van der Waals surface area (Å²) in [5.41, 5.74) is 2.37. The van der Waals surface area contributed by atoms with Crippen LogP contribution in [0.3, 0.4) is 0 Å². The molecule has 0 bridgehead atoms. The summed E-state index contributed by atoms with van der Waals surface area (Å²) in [6, 6.07) is 13.9. The Bertz CT molecular complexity index is 1230. The molecule has 170 valence electrons. The van der Waals surface area contributed by atoms with E-state index in [1.165, 1.54) is 38.0 Å². The first-order valence-electron chi connectivity index (χ1n) is 10.1. The van der Waals surface area contributed by atoms with Crippen LogP contribution >= 0.6 is 11.8 Å². The smallest absolute Gasteiger partial charge is 0.242 e. The Labute approximate surface area is 193 Å². The average Bonchev–Trinajstić information content (AvgIpc) is 2.77. The third-order valence-electron chi connectivity index (χ3n) is 5.03. The number of ether oxygens (including phenoxy) is 1. The monoisotopic (exact) mass is 473 g/mol. The number of amides is 1. The summed E-state index contributed by atoms with van der Waals surface area (Å²) >= 11 is 1.39. The van der Waals surface area contributed by atoms with Gasteiger partial charge >= 0.3 is 0 Å². The van der Waals surface area contributed by atoms with Crippen molar-refractivity contribution in [1.82, 2.24) is 9.29 Å². The molecule has 0 aliphatic carbocycles. The molecule has 1 aromatic heterocycles. The number of thioether (sulfide) groups is 1. The van der Waals surface area contributed by atoms with Gasteiger partial charge in [-0.2, -0.15) is 0 Å². The van der Waals surface area contributed by atoms with Crippen molar-refractivity contribution in [3.05, 3.63) is 54.1 Å². The third-order valence-corrected chi connectivity index (χ3v) is 8.14.